The summed E-state index contributed by atoms with van der Waals surface area (Å²) in [5.74, 6) is 0.527. The van der Waals surface area contributed by atoms with Crippen molar-refractivity contribution >= 4 is 5.91 Å². The van der Waals surface area contributed by atoms with E-state index in [0.717, 1.165) is 44.4 Å². The van der Waals surface area contributed by atoms with Crippen molar-refractivity contribution in [3.63, 3.8) is 0 Å². The first-order valence-corrected chi connectivity index (χ1v) is 7.81. The molecule has 0 radical (unpaired) electrons. The van der Waals surface area contributed by atoms with E-state index in [1.54, 1.807) is 0 Å². The molecule has 3 N–H and O–H groups in total. The Kier molecular flexibility index (Phi) is 7.39. The van der Waals surface area contributed by atoms with Gasteiger partial charge in [0.05, 0.1) is 6.04 Å². The predicted octanol–water partition coefficient (Wildman–Crippen LogP) is 1.74. The van der Waals surface area contributed by atoms with Crippen LogP contribution >= 0.6 is 0 Å². The molecule has 1 aliphatic rings. The van der Waals surface area contributed by atoms with Crippen LogP contribution in [0.25, 0.3) is 0 Å². The fourth-order valence-corrected chi connectivity index (χ4v) is 2.30. The van der Waals surface area contributed by atoms with Crippen LogP contribution < -0.4 is 11.1 Å². The molecule has 4 heteroatoms. The van der Waals surface area contributed by atoms with Crippen LogP contribution in [0.1, 0.15) is 52.9 Å². The van der Waals surface area contributed by atoms with E-state index in [-0.39, 0.29) is 11.9 Å². The molecular weight excluding hydrogens is 238 g/mol. The van der Waals surface area contributed by atoms with Crippen LogP contribution in [0, 0.1) is 5.92 Å². The van der Waals surface area contributed by atoms with Crippen LogP contribution in [0.4, 0.5) is 0 Å². The number of carbonyl (C=O) groups is 1. The summed E-state index contributed by atoms with van der Waals surface area (Å²) in [5.41, 5.74) is 5.46. The summed E-state index contributed by atoms with van der Waals surface area (Å²) >= 11 is 0. The van der Waals surface area contributed by atoms with Crippen LogP contribution in [0.5, 0.6) is 0 Å². The Hall–Kier alpha value is -0.610. The van der Waals surface area contributed by atoms with Crippen molar-refractivity contribution in [2.45, 2.75) is 65.0 Å². The normalized spacial score (nSPS) is 17.1. The second kappa shape index (κ2) is 8.54. The molecule has 0 saturated heterocycles. The maximum atomic E-state index is 11.4. The molecule has 0 aromatic rings. The smallest absolute Gasteiger partial charge is 0.234 e. The Morgan fingerprint density at radius 3 is 2.42 bits per heavy atom. The quantitative estimate of drug-likeness (QED) is 0.601. The lowest BCUT2D eigenvalue weighted by Gasteiger charge is -2.25. The molecule has 1 amide bonds. The zero-order chi connectivity index (χ0) is 14.3. The molecule has 0 bridgehead atoms. The molecule has 1 aliphatic carbocycles. The third-order valence-electron chi connectivity index (χ3n) is 3.75. The SMILES string of the molecule is CCCNC(CCN(CCC(C)C)C1CC1)C(N)=O. The van der Waals surface area contributed by atoms with E-state index in [1.165, 1.54) is 19.3 Å². The van der Waals surface area contributed by atoms with Crippen molar-refractivity contribution in [3.05, 3.63) is 0 Å². The first-order chi connectivity index (χ1) is 9.04. The lowest BCUT2D eigenvalue weighted by molar-refractivity contribution is -0.120. The van der Waals surface area contributed by atoms with E-state index in [2.05, 4.69) is 31.0 Å². The highest BCUT2D eigenvalue weighted by Crippen LogP contribution is 2.27. The van der Waals surface area contributed by atoms with Gasteiger partial charge in [-0.15, -0.1) is 0 Å². The molecule has 1 atom stereocenters. The molecule has 1 unspecified atom stereocenters. The van der Waals surface area contributed by atoms with E-state index in [4.69, 9.17) is 5.73 Å². The van der Waals surface area contributed by atoms with Crippen LogP contribution in [-0.2, 0) is 4.79 Å². The number of carbonyl (C=O) groups excluding carboxylic acids is 1. The standard InChI is InChI=1S/C15H31N3O/c1-4-9-17-14(15(16)19)8-11-18(13-5-6-13)10-7-12(2)3/h12-14,17H,4-11H2,1-3H3,(H2,16,19). The Bertz CT molecular complexity index is 264. The van der Waals surface area contributed by atoms with Gasteiger partial charge in [-0.2, -0.15) is 0 Å². The van der Waals surface area contributed by atoms with E-state index in [0.29, 0.717) is 0 Å². The molecule has 0 aromatic heterocycles. The highest BCUT2D eigenvalue weighted by atomic mass is 16.1. The first kappa shape index (κ1) is 16.4. The third kappa shape index (κ3) is 6.92. The lowest BCUT2D eigenvalue weighted by atomic mass is 10.1. The summed E-state index contributed by atoms with van der Waals surface area (Å²) < 4.78 is 0. The van der Waals surface area contributed by atoms with E-state index >= 15 is 0 Å². The fourth-order valence-electron chi connectivity index (χ4n) is 2.30. The van der Waals surface area contributed by atoms with Gasteiger partial charge in [0, 0.05) is 12.6 Å². The van der Waals surface area contributed by atoms with Gasteiger partial charge in [-0.25, -0.2) is 0 Å². The number of amides is 1. The first-order valence-electron chi connectivity index (χ1n) is 7.81. The number of hydrogen-bond donors (Lipinski definition) is 2. The van der Waals surface area contributed by atoms with Crippen molar-refractivity contribution in [2.75, 3.05) is 19.6 Å². The van der Waals surface area contributed by atoms with Gasteiger partial charge in [-0.3, -0.25) is 4.79 Å². The molecule has 1 rings (SSSR count). The highest BCUT2D eigenvalue weighted by molar-refractivity contribution is 5.79. The van der Waals surface area contributed by atoms with E-state index in [1.807, 2.05) is 0 Å². The van der Waals surface area contributed by atoms with E-state index in [9.17, 15) is 4.79 Å². The van der Waals surface area contributed by atoms with Gasteiger partial charge < -0.3 is 16.0 Å². The fraction of sp³-hybridized carbons (Fsp3) is 0.933. The second-order valence-corrected chi connectivity index (χ2v) is 6.15. The minimum absolute atomic E-state index is 0.166. The zero-order valence-electron chi connectivity index (χ0n) is 12.8. The van der Waals surface area contributed by atoms with Crippen molar-refractivity contribution in [1.82, 2.24) is 10.2 Å². The minimum atomic E-state index is -0.215. The molecule has 4 nitrogen and oxygen atoms in total. The molecule has 0 spiro atoms. The number of hydrogen-bond acceptors (Lipinski definition) is 3. The number of nitrogens with zero attached hydrogens (tertiary/aromatic N) is 1. The minimum Gasteiger partial charge on any atom is -0.368 e. The van der Waals surface area contributed by atoms with Crippen LogP contribution in [0.15, 0.2) is 0 Å². The number of rotatable bonds is 11. The summed E-state index contributed by atoms with van der Waals surface area (Å²) in [7, 11) is 0. The van der Waals surface area contributed by atoms with Gasteiger partial charge in [-0.05, 0) is 51.1 Å². The third-order valence-corrected chi connectivity index (χ3v) is 3.75. The molecule has 19 heavy (non-hydrogen) atoms. The van der Waals surface area contributed by atoms with Crippen molar-refractivity contribution in [1.29, 1.82) is 0 Å². The monoisotopic (exact) mass is 269 g/mol. The molecule has 112 valence electrons. The molecule has 0 heterocycles. The molecule has 1 saturated carbocycles. The lowest BCUT2D eigenvalue weighted by Crippen LogP contribution is -2.44. The van der Waals surface area contributed by atoms with E-state index < -0.39 is 0 Å². The number of primary amides is 1. The predicted molar refractivity (Wildman–Crippen MR) is 79.9 cm³/mol. The summed E-state index contributed by atoms with van der Waals surface area (Å²) in [5, 5.41) is 3.25. The van der Waals surface area contributed by atoms with Gasteiger partial charge in [0.2, 0.25) is 5.91 Å². The second-order valence-electron chi connectivity index (χ2n) is 6.15. The van der Waals surface area contributed by atoms with Gasteiger partial charge in [0.15, 0.2) is 0 Å². The summed E-state index contributed by atoms with van der Waals surface area (Å²) in [6.07, 6.45) is 5.75. The Labute approximate surface area is 118 Å². The van der Waals surface area contributed by atoms with Gasteiger partial charge in [-0.1, -0.05) is 20.8 Å². The highest BCUT2D eigenvalue weighted by Gasteiger charge is 2.29. The largest absolute Gasteiger partial charge is 0.368 e. The molecule has 0 aromatic carbocycles. The van der Waals surface area contributed by atoms with Gasteiger partial charge in [0.25, 0.3) is 0 Å². The Morgan fingerprint density at radius 2 is 1.95 bits per heavy atom. The van der Waals surface area contributed by atoms with Crippen molar-refractivity contribution < 1.29 is 4.79 Å². The molecular formula is C15H31N3O. The van der Waals surface area contributed by atoms with Crippen LogP contribution in [0.2, 0.25) is 0 Å². The Balaban J connectivity index is 2.33. The summed E-state index contributed by atoms with van der Waals surface area (Å²) in [6.45, 7) is 9.64. The van der Waals surface area contributed by atoms with Gasteiger partial charge >= 0.3 is 0 Å². The maximum absolute atomic E-state index is 11.4. The maximum Gasteiger partial charge on any atom is 0.234 e. The summed E-state index contributed by atoms with van der Waals surface area (Å²) in [4.78, 5) is 14.0. The summed E-state index contributed by atoms with van der Waals surface area (Å²) in [6, 6.07) is 0.596. The van der Waals surface area contributed by atoms with Gasteiger partial charge in [0.1, 0.15) is 0 Å². The molecule has 1 fully saturated rings. The average molecular weight is 269 g/mol. The van der Waals surface area contributed by atoms with Crippen molar-refractivity contribution in [3.8, 4) is 0 Å². The molecule has 0 aliphatic heterocycles. The van der Waals surface area contributed by atoms with Crippen molar-refractivity contribution in [2.24, 2.45) is 11.7 Å². The van der Waals surface area contributed by atoms with Crippen LogP contribution in [0.3, 0.4) is 0 Å². The topological polar surface area (TPSA) is 58.4 Å². The zero-order valence-corrected chi connectivity index (χ0v) is 12.8. The Morgan fingerprint density at radius 1 is 1.32 bits per heavy atom. The number of nitrogens with two attached hydrogens (primary N) is 1. The van der Waals surface area contributed by atoms with Crippen LogP contribution in [-0.4, -0.2) is 42.5 Å². The number of nitrogens with one attached hydrogen (secondary N) is 1. The average Bonchev–Trinajstić information content (AvgIpc) is 3.16.